The van der Waals surface area contributed by atoms with Gasteiger partial charge in [0.25, 0.3) is 5.56 Å². The van der Waals surface area contributed by atoms with E-state index in [0.29, 0.717) is 11.0 Å². The minimum absolute atomic E-state index is 0.00231. The minimum atomic E-state index is -0.148. The van der Waals surface area contributed by atoms with Gasteiger partial charge in [0, 0.05) is 24.5 Å². The fraction of sp³-hybridized carbons (Fsp3) is 0.435. The molecule has 0 N–H and O–H groups in total. The first-order chi connectivity index (χ1) is 14.0. The summed E-state index contributed by atoms with van der Waals surface area (Å²) in [5.74, 6) is 0.00231. The number of nitrogens with zero attached hydrogens (tertiary/aromatic N) is 4. The molecule has 3 heterocycles. The second-order valence-electron chi connectivity index (χ2n) is 8.05. The van der Waals surface area contributed by atoms with Gasteiger partial charge in [-0.05, 0) is 51.3 Å². The van der Waals surface area contributed by atoms with E-state index in [4.69, 9.17) is 0 Å². The van der Waals surface area contributed by atoms with Gasteiger partial charge in [-0.25, -0.2) is 4.98 Å². The Balaban J connectivity index is 1.72. The standard InChI is InChI=1S/C23H28N4O2/c1-16-8-10-19(11-9-16)27-18(3)17(2)21-22(27)24-15-26(23(21)29)14-20(28)25-12-6-4-5-7-13-25/h8-11,15H,4-7,12-14H2,1-3H3. The van der Waals surface area contributed by atoms with Crippen molar-refractivity contribution < 1.29 is 4.79 Å². The van der Waals surface area contributed by atoms with Gasteiger partial charge >= 0.3 is 0 Å². The normalized spacial score (nSPS) is 14.9. The van der Waals surface area contributed by atoms with E-state index in [1.807, 2.05) is 42.4 Å². The zero-order chi connectivity index (χ0) is 20.5. The molecule has 0 unspecified atom stereocenters. The van der Waals surface area contributed by atoms with Crippen molar-refractivity contribution in [3.63, 3.8) is 0 Å². The van der Waals surface area contributed by atoms with Crippen molar-refractivity contribution >= 4 is 16.9 Å². The number of hydrogen-bond acceptors (Lipinski definition) is 3. The van der Waals surface area contributed by atoms with Crippen molar-refractivity contribution in [1.82, 2.24) is 19.0 Å². The highest BCUT2D eigenvalue weighted by atomic mass is 16.2. The maximum atomic E-state index is 13.2. The molecule has 0 radical (unpaired) electrons. The molecule has 2 aromatic heterocycles. The molecule has 1 saturated heterocycles. The highest BCUT2D eigenvalue weighted by Gasteiger charge is 2.20. The van der Waals surface area contributed by atoms with Crippen LogP contribution in [0.3, 0.4) is 0 Å². The molecule has 6 heteroatoms. The molecule has 0 spiro atoms. The van der Waals surface area contributed by atoms with Gasteiger partial charge in [0.2, 0.25) is 5.91 Å². The first-order valence-electron chi connectivity index (χ1n) is 10.4. The fourth-order valence-corrected chi connectivity index (χ4v) is 4.17. The van der Waals surface area contributed by atoms with Gasteiger partial charge in [-0.15, -0.1) is 0 Å². The Kier molecular flexibility index (Phi) is 5.26. The molecule has 1 aliphatic rings. The van der Waals surface area contributed by atoms with Gasteiger partial charge in [0.05, 0.1) is 5.39 Å². The summed E-state index contributed by atoms with van der Waals surface area (Å²) in [6.45, 7) is 7.62. The highest BCUT2D eigenvalue weighted by molar-refractivity contribution is 5.83. The third kappa shape index (κ3) is 3.59. The second-order valence-corrected chi connectivity index (χ2v) is 8.05. The summed E-state index contributed by atoms with van der Waals surface area (Å²) in [5.41, 5.74) is 4.56. The van der Waals surface area contributed by atoms with Crippen LogP contribution in [0.2, 0.25) is 0 Å². The monoisotopic (exact) mass is 392 g/mol. The first kappa shape index (κ1) is 19.4. The van der Waals surface area contributed by atoms with Crippen LogP contribution in [0.4, 0.5) is 0 Å². The Morgan fingerprint density at radius 3 is 2.31 bits per heavy atom. The number of likely N-dealkylation sites (tertiary alicyclic amines) is 1. The SMILES string of the molecule is Cc1ccc(-n2c(C)c(C)c3c(=O)n(CC(=O)N4CCCCCC4)cnc32)cc1. The average Bonchev–Trinajstić information content (AvgIpc) is 2.89. The summed E-state index contributed by atoms with van der Waals surface area (Å²) in [6, 6.07) is 8.18. The number of rotatable bonds is 3. The van der Waals surface area contributed by atoms with E-state index in [1.54, 1.807) is 0 Å². The Bertz CT molecular complexity index is 1100. The van der Waals surface area contributed by atoms with Gasteiger partial charge < -0.3 is 4.90 Å². The zero-order valence-electron chi connectivity index (χ0n) is 17.4. The van der Waals surface area contributed by atoms with Crippen LogP contribution in [0.25, 0.3) is 16.7 Å². The number of carbonyl (C=O) groups excluding carboxylic acids is 1. The highest BCUT2D eigenvalue weighted by Crippen LogP contribution is 2.25. The van der Waals surface area contributed by atoms with E-state index >= 15 is 0 Å². The van der Waals surface area contributed by atoms with Crippen molar-refractivity contribution in [3.05, 3.63) is 57.8 Å². The molecule has 1 aliphatic heterocycles. The van der Waals surface area contributed by atoms with Crippen LogP contribution in [0.1, 0.15) is 42.5 Å². The number of carbonyl (C=O) groups is 1. The van der Waals surface area contributed by atoms with Crippen molar-refractivity contribution in [2.45, 2.75) is 53.0 Å². The molecule has 1 fully saturated rings. The predicted molar refractivity (Wildman–Crippen MR) is 115 cm³/mol. The number of aromatic nitrogens is 3. The Hall–Kier alpha value is -2.89. The lowest BCUT2D eigenvalue weighted by molar-refractivity contribution is -0.131. The number of fused-ring (bicyclic) bond motifs is 1. The van der Waals surface area contributed by atoms with E-state index in [1.165, 1.54) is 29.3 Å². The average molecular weight is 393 g/mol. The summed E-state index contributed by atoms with van der Waals surface area (Å²) in [7, 11) is 0. The molecule has 3 aromatic rings. The quantitative estimate of drug-likeness (QED) is 0.685. The van der Waals surface area contributed by atoms with E-state index in [2.05, 4.69) is 17.1 Å². The van der Waals surface area contributed by atoms with Gasteiger partial charge in [-0.1, -0.05) is 30.5 Å². The van der Waals surface area contributed by atoms with Gasteiger partial charge in [-0.2, -0.15) is 0 Å². The molecule has 0 aliphatic carbocycles. The van der Waals surface area contributed by atoms with E-state index in [-0.39, 0.29) is 18.0 Å². The third-order valence-electron chi connectivity index (χ3n) is 6.04. The molecule has 0 atom stereocenters. The molecular weight excluding hydrogens is 364 g/mol. The molecule has 0 bridgehead atoms. The van der Waals surface area contributed by atoms with Crippen LogP contribution in [-0.4, -0.2) is 38.0 Å². The van der Waals surface area contributed by atoms with Crippen LogP contribution >= 0.6 is 0 Å². The molecule has 0 saturated carbocycles. The maximum Gasteiger partial charge on any atom is 0.263 e. The molecular formula is C23H28N4O2. The van der Waals surface area contributed by atoms with Gasteiger partial charge in [0.1, 0.15) is 12.9 Å². The first-order valence-corrected chi connectivity index (χ1v) is 10.4. The summed E-state index contributed by atoms with van der Waals surface area (Å²) in [5, 5.41) is 0.592. The molecule has 29 heavy (non-hydrogen) atoms. The van der Waals surface area contributed by atoms with Crippen molar-refractivity contribution in [3.8, 4) is 5.69 Å². The van der Waals surface area contributed by atoms with Crippen LogP contribution in [-0.2, 0) is 11.3 Å². The summed E-state index contributed by atoms with van der Waals surface area (Å²) >= 11 is 0. The van der Waals surface area contributed by atoms with Crippen LogP contribution < -0.4 is 5.56 Å². The lowest BCUT2D eigenvalue weighted by atomic mass is 10.2. The largest absolute Gasteiger partial charge is 0.341 e. The van der Waals surface area contributed by atoms with Crippen molar-refractivity contribution in [2.75, 3.05) is 13.1 Å². The van der Waals surface area contributed by atoms with E-state index < -0.39 is 0 Å². The predicted octanol–water partition coefficient (Wildman–Crippen LogP) is 3.52. The molecule has 6 nitrogen and oxygen atoms in total. The summed E-state index contributed by atoms with van der Waals surface area (Å²) in [4.78, 5) is 32.5. The van der Waals surface area contributed by atoms with Crippen LogP contribution in [0.15, 0.2) is 35.4 Å². The number of hydrogen-bond donors (Lipinski definition) is 0. The Morgan fingerprint density at radius 2 is 1.66 bits per heavy atom. The Morgan fingerprint density at radius 1 is 1.00 bits per heavy atom. The Labute approximate surface area is 170 Å². The third-order valence-corrected chi connectivity index (χ3v) is 6.04. The zero-order valence-corrected chi connectivity index (χ0v) is 17.4. The second kappa shape index (κ2) is 7.85. The van der Waals surface area contributed by atoms with E-state index in [9.17, 15) is 9.59 Å². The maximum absolute atomic E-state index is 13.2. The fourth-order valence-electron chi connectivity index (χ4n) is 4.17. The molecule has 1 amide bonds. The number of amides is 1. The molecule has 152 valence electrons. The molecule has 4 rings (SSSR count). The topological polar surface area (TPSA) is 60.1 Å². The van der Waals surface area contributed by atoms with Gasteiger partial charge in [0.15, 0.2) is 5.65 Å². The van der Waals surface area contributed by atoms with Crippen LogP contribution in [0, 0.1) is 20.8 Å². The van der Waals surface area contributed by atoms with Crippen molar-refractivity contribution in [1.29, 1.82) is 0 Å². The summed E-state index contributed by atoms with van der Waals surface area (Å²) in [6.07, 6.45) is 5.93. The summed E-state index contributed by atoms with van der Waals surface area (Å²) < 4.78 is 3.48. The smallest absolute Gasteiger partial charge is 0.263 e. The van der Waals surface area contributed by atoms with Crippen molar-refractivity contribution in [2.24, 2.45) is 0 Å². The lowest BCUT2D eigenvalue weighted by Crippen LogP contribution is -2.37. The minimum Gasteiger partial charge on any atom is -0.341 e. The molecule has 1 aromatic carbocycles. The number of benzene rings is 1. The van der Waals surface area contributed by atoms with Gasteiger partial charge in [-0.3, -0.25) is 18.7 Å². The van der Waals surface area contributed by atoms with E-state index in [0.717, 1.165) is 42.9 Å². The lowest BCUT2D eigenvalue weighted by Gasteiger charge is -2.20. The number of aryl methyl sites for hydroxylation is 2. The van der Waals surface area contributed by atoms with Crippen LogP contribution in [0.5, 0.6) is 0 Å².